The molecule has 0 bridgehead atoms. The fraction of sp³-hybridized carbons (Fsp3) is 0.393. The first-order valence-corrected chi connectivity index (χ1v) is 12.9. The number of nitrogens with zero attached hydrogens (tertiary/aromatic N) is 2. The first kappa shape index (κ1) is 23.5. The van der Waals surface area contributed by atoms with Gasteiger partial charge in [0.15, 0.2) is 6.10 Å². The van der Waals surface area contributed by atoms with Crippen molar-refractivity contribution in [2.24, 2.45) is 0 Å². The van der Waals surface area contributed by atoms with Gasteiger partial charge in [0.25, 0.3) is 5.91 Å². The van der Waals surface area contributed by atoms with E-state index < -0.39 is 6.10 Å². The molecule has 2 heterocycles. The molecule has 2 atom stereocenters. The molecule has 4 rings (SSSR count). The number of benzene rings is 2. The number of amides is 1. The maximum Gasteiger partial charge on any atom is 0.263 e. The van der Waals surface area contributed by atoms with Crippen molar-refractivity contribution in [1.82, 2.24) is 9.80 Å². The van der Waals surface area contributed by atoms with Crippen LogP contribution in [-0.4, -0.2) is 48.5 Å². The molecule has 5 heteroatoms. The normalized spacial score (nSPS) is 16.2. The summed E-state index contributed by atoms with van der Waals surface area (Å²) in [5.74, 6) is 0.898. The lowest BCUT2D eigenvalue weighted by atomic mass is 9.98. The molecule has 0 saturated carbocycles. The van der Waals surface area contributed by atoms with Gasteiger partial charge in [-0.05, 0) is 78.7 Å². The molecule has 33 heavy (non-hydrogen) atoms. The number of ether oxygens (including phenoxy) is 1. The lowest BCUT2D eigenvalue weighted by Crippen LogP contribution is -2.46. The van der Waals surface area contributed by atoms with E-state index in [1.807, 2.05) is 24.1 Å². The van der Waals surface area contributed by atoms with Gasteiger partial charge in [-0.15, -0.1) is 11.3 Å². The second-order valence-electron chi connectivity index (χ2n) is 8.71. The van der Waals surface area contributed by atoms with Gasteiger partial charge < -0.3 is 14.5 Å². The Labute approximate surface area is 201 Å². The molecule has 0 fully saturated rings. The number of likely N-dealkylation sites (N-methyl/N-ethyl adjacent to an activating group) is 2. The second-order valence-corrected chi connectivity index (χ2v) is 9.66. The van der Waals surface area contributed by atoms with Crippen molar-refractivity contribution >= 4 is 17.2 Å². The number of carbonyl (C=O) groups excluding carboxylic acids is 1. The van der Waals surface area contributed by atoms with Crippen LogP contribution in [0, 0.1) is 0 Å². The van der Waals surface area contributed by atoms with E-state index in [0.717, 1.165) is 38.2 Å². The number of hydrogen-bond acceptors (Lipinski definition) is 4. The highest BCUT2D eigenvalue weighted by Gasteiger charge is 2.32. The first-order valence-electron chi connectivity index (χ1n) is 12.0. The molecular formula is C28H34N2O2S. The minimum Gasteiger partial charge on any atom is -0.480 e. The van der Waals surface area contributed by atoms with Gasteiger partial charge in [-0.1, -0.05) is 50.2 Å². The van der Waals surface area contributed by atoms with Crippen molar-refractivity contribution in [3.05, 3.63) is 77.2 Å². The van der Waals surface area contributed by atoms with Crippen LogP contribution in [0.2, 0.25) is 0 Å². The molecule has 174 valence electrons. The van der Waals surface area contributed by atoms with Gasteiger partial charge in [0, 0.05) is 18.5 Å². The molecule has 0 N–H and O–H groups in total. The zero-order chi connectivity index (χ0) is 23.2. The van der Waals surface area contributed by atoms with Crippen molar-refractivity contribution in [3.63, 3.8) is 0 Å². The summed E-state index contributed by atoms with van der Waals surface area (Å²) in [7, 11) is 1.93. The Morgan fingerprint density at radius 3 is 2.64 bits per heavy atom. The molecule has 1 amide bonds. The monoisotopic (exact) mass is 462 g/mol. The molecule has 1 aromatic heterocycles. The smallest absolute Gasteiger partial charge is 0.263 e. The number of carbonyl (C=O) groups is 1. The van der Waals surface area contributed by atoms with E-state index >= 15 is 0 Å². The van der Waals surface area contributed by atoms with Crippen molar-refractivity contribution in [3.8, 4) is 16.2 Å². The SMILES string of the molecule is CCCN(CC)CC(c1ccccc1)N(C)C(=O)[C@@H]1CCc2cc(-c3cccs3)ccc2O1. The molecule has 0 aliphatic carbocycles. The summed E-state index contributed by atoms with van der Waals surface area (Å²) in [5.41, 5.74) is 3.57. The van der Waals surface area contributed by atoms with Crippen LogP contribution in [0.4, 0.5) is 0 Å². The molecule has 4 nitrogen and oxygen atoms in total. The standard InChI is InChI=1S/C28H34N2O2S/c1-4-17-30(5-2)20-24(21-10-7-6-8-11-21)29(3)28(31)26-16-13-22-19-23(14-15-25(22)32-26)27-12-9-18-33-27/h6-12,14-15,18-19,24,26H,4-5,13,16-17,20H2,1-3H3/t24?,26-/m0/s1. The van der Waals surface area contributed by atoms with Crippen LogP contribution in [0.15, 0.2) is 66.0 Å². The van der Waals surface area contributed by atoms with E-state index in [4.69, 9.17) is 4.74 Å². The summed E-state index contributed by atoms with van der Waals surface area (Å²) in [6.45, 7) is 7.21. The van der Waals surface area contributed by atoms with Gasteiger partial charge in [-0.2, -0.15) is 0 Å². The van der Waals surface area contributed by atoms with Crippen LogP contribution < -0.4 is 4.74 Å². The van der Waals surface area contributed by atoms with E-state index in [0.29, 0.717) is 6.42 Å². The van der Waals surface area contributed by atoms with Crippen LogP contribution in [-0.2, 0) is 11.2 Å². The zero-order valence-electron chi connectivity index (χ0n) is 19.9. The average Bonchev–Trinajstić information content (AvgIpc) is 3.41. The highest BCUT2D eigenvalue weighted by molar-refractivity contribution is 7.13. The maximum atomic E-state index is 13.6. The third-order valence-electron chi connectivity index (χ3n) is 6.50. The third kappa shape index (κ3) is 5.48. The molecule has 0 radical (unpaired) electrons. The highest BCUT2D eigenvalue weighted by atomic mass is 32.1. The number of aryl methyl sites for hydroxylation is 1. The molecule has 3 aromatic rings. The van der Waals surface area contributed by atoms with Gasteiger partial charge in [-0.25, -0.2) is 0 Å². The molecule has 1 unspecified atom stereocenters. The maximum absolute atomic E-state index is 13.6. The van der Waals surface area contributed by atoms with E-state index in [1.165, 1.54) is 21.6 Å². The van der Waals surface area contributed by atoms with Gasteiger partial charge in [0.05, 0.1) is 6.04 Å². The number of rotatable bonds is 9. The number of fused-ring (bicyclic) bond motifs is 1. The van der Waals surface area contributed by atoms with E-state index in [9.17, 15) is 4.79 Å². The van der Waals surface area contributed by atoms with E-state index in [1.54, 1.807) is 11.3 Å². The summed E-state index contributed by atoms with van der Waals surface area (Å²) in [4.78, 5) is 19.2. The van der Waals surface area contributed by atoms with Crippen LogP contribution >= 0.6 is 11.3 Å². The molecule has 1 aliphatic heterocycles. The van der Waals surface area contributed by atoms with E-state index in [2.05, 4.69) is 72.7 Å². The van der Waals surface area contributed by atoms with Crippen molar-refractivity contribution in [1.29, 1.82) is 0 Å². The Kier molecular flexibility index (Phi) is 7.84. The summed E-state index contributed by atoms with van der Waals surface area (Å²) >= 11 is 1.74. The Hall–Kier alpha value is -2.63. The van der Waals surface area contributed by atoms with Crippen LogP contribution in [0.3, 0.4) is 0 Å². The predicted molar refractivity (Wildman–Crippen MR) is 137 cm³/mol. The summed E-state index contributed by atoms with van der Waals surface area (Å²) < 4.78 is 6.25. The predicted octanol–water partition coefficient (Wildman–Crippen LogP) is 6.04. The van der Waals surface area contributed by atoms with Crippen LogP contribution in [0.1, 0.15) is 43.9 Å². The Bertz CT molecular complexity index is 1040. The third-order valence-corrected chi connectivity index (χ3v) is 7.42. The summed E-state index contributed by atoms with van der Waals surface area (Å²) in [6.07, 6.45) is 2.22. The minimum atomic E-state index is -0.442. The van der Waals surface area contributed by atoms with Gasteiger partial charge in [0.2, 0.25) is 0 Å². The first-order chi connectivity index (χ1) is 16.1. The summed E-state index contributed by atoms with van der Waals surface area (Å²) in [5, 5.41) is 2.10. The Morgan fingerprint density at radius 1 is 1.12 bits per heavy atom. The minimum absolute atomic E-state index is 0.00333. The number of thiophene rings is 1. The quantitative estimate of drug-likeness (QED) is 0.389. The average molecular weight is 463 g/mol. The van der Waals surface area contributed by atoms with E-state index in [-0.39, 0.29) is 11.9 Å². The van der Waals surface area contributed by atoms with Gasteiger partial charge in [-0.3, -0.25) is 4.79 Å². The zero-order valence-corrected chi connectivity index (χ0v) is 20.7. The molecule has 0 spiro atoms. The number of hydrogen-bond donors (Lipinski definition) is 0. The van der Waals surface area contributed by atoms with Gasteiger partial charge in [0.1, 0.15) is 5.75 Å². The topological polar surface area (TPSA) is 32.8 Å². The van der Waals surface area contributed by atoms with Crippen LogP contribution in [0.5, 0.6) is 5.75 Å². The Balaban J connectivity index is 1.51. The fourth-order valence-electron chi connectivity index (χ4n) is 4.61. The van der Waals surface area contributed by atoms with Crippen molar-refractivity contribution < 1.29 is 9.53 Å². The molecule has 2 aromatic carbocycles. The van der Waals surface area contributed by atoms with Crippen molar-refractivity contribution in [2.75, 3.05) is 26.7 Å². The highest BCUT2D eigenvalue weighted by Crippen LogP contribution is 2.34. The molecule has 1 aliphatic rings. The fourth-order valence-corrected chi connectivity index (χ4v) is 5.33. The lowest BCUT2D eigenvalue weighted by molar-refractivity contribution is -0.140. The molecular weight excluding hydrogens is 428 g/mol. The molecule has 0 saturated heterocycles. The van der Waals surface area contributed by atoms with Crippen LogP contribution in [0.25, 0.3) is 10.4 Å². The largest absolute Gasteiger partial charge is 0.480 e. The second kappa shape index (κ2) is 11.0. The van der Waals surface area contributed by atoms with Gasteiger partial charge >= 0.3 is 0 Å². The lowest BCUT2D eigenvalue weighted by Gasteiger charge is -2.36. The van der Waals surface area contributed by atoms with Crippen molar-refractivity contribution in [2.45, 2.75) is 45.3 Å². The Morgan fingerprint density at radius 2 is 1.94 bits per heavy atom. The summed E-state index contributed by atoms with van der Waals surface area (Å²) in [6, 6.07) is 20.9.